The van der Waals surface area contributed by atoms with Gasteiger partial charge in [0.15, 0.2) is 0 Å². The lowest BCUT2D eigenvalue weighted by Gasteiger charge is -2.15. The van der Waals surface area contributed by atoms with E-state index in [9.17, 15) is 0 Å². The van der Waals surface area contributed by atoms with E-state index in [0.29, 0.717) is 0 Å². The summed E-state index contributed by atoms with van der Waals surface area (Å²) in [6.07, 6.45) is 2.22. The summed E-state index contributed by atoms with van der Waals surface area (Å²) in [5, 5.41) is 3.52. The van der Waals surface area contributed by atoms with Crippen molar-refractivity contribution in [2.75, 3.05) is 11.9 Å². The number of halogens is 1. The lowest BCUT2D eigenvalue weighted by atomic mass is 10.1. The fourth-order valence-corrected chi connectivity index (χ4v) is 3.04. The van der Waals surface area contributed by atoms with Gasteiger partial charge in [-0.15, -0.1) is 0 Å². The summed E-state index contributed by atoms with van der Waals surface area (Å²) in [5.41, 5.74) is 3.86. The third-order valence-electron chi connectivity index (χ3n) is 3.68. The van der Waals surface area contributed by atoms with Crippen LogP contribution in [0.1, 0.15) is 18.1 Å². The molecule has 0 amide bonds. The van der Waals surface area contributed by atoms with Gasteiger partial charge in [-0.3, -0.25) is 0 Å². The molecule has 1 aliphatic heterocycles. The number of hydrogen-bond acceptors (Lipinski definition) is 2. The van der Waals surface area contributed by atoms with Crippen molar-refractivity contribution in [2.45, 2.75) is 25.9 Å². The molecule has 0 radical (unpaired) electrons. The van der Waals surface area contributed by atoms with Crippen molar-refractivity contribution < 1.29 is 4.74 Å². The zero-order valence-corrected chi connectivity index (χ0v) is 13.1. The van der Waals surface area contributed by atoms with Gasteiger partial charge in [-0.05, 0) is 41.8 Å². The summed E-state index contributed by atoms with van der Waals surface area (Å²) in [6, 6.07) is 14.7. The molecule has 0 bridgehead atoms. The van der Waals surface area contributed by atoms with Crippen LogP contribution in [0, 0.1) is 0 Å². The minimum absolute atomic E-state index is 0.212. The van der Waals surface area contributed by atoms with Crippen molar-refractivity contribution in [3.05, 3.63) is 58.1 Å². The molecule has 20 heavy (non-hydrogen) atoms. The van der Waals surface area contributed by atoms with E-state index in [4.69, 9.17) is 4.74 Å². The summed E-state index contributed by atoms with van der Waals surface area (Å²) in [4.78, 5) is 0. The molecule has 3 rings (SSSR count). The first-order valence-electron chi connectivity index (χ1n) is 7.03. The second kappa shape index (κ2) is 5.88. The second-order valence-corrected chi connectivity index (χ2v) is 6.00. The van der Waals surface area contributed by atoms with E-state index in [-0.39, 0.29) is 6.10 Å². The first kappa shape index (κ1) is 13.5. The monoisotopic (exact) mass is 331 g/mol. The highest BCUT2D eigenvalue weighted by Crippen LogP contribution is 2.31. The van der Waals surface area contributed by atoms with Gasteiger partial charge in [0.05, 0.1) is 6.54 Å². The number of nitrogens with one attached hydrogen (secondary N) is 1. The smallest absolute Gasteiger partial charge is 0.123 e. The Kier molecular flexibility index (Phi) is 3.97. The van der Waals surface area contributed by atoms with Crippen molar-refractivity contribution in [3.8, 4) is 5.75 Å². The molecular weight excluding hydrogens is 314 g/mol. The third-order valence-corrected chi connectivity index (χ3v) is 4.18. The van der Waals surface area contributed by atoms with Crippen LogP contribution in [0.5, 0.6) is 5.75 Å². The molecule has 0 aliphatic carbocycles. The first-order valence-corrected chi connectivity index (χ1v) is 7.82. The molecule has 1 N–H and O–H groups in total. The van der Waals surface area contributed by atoms with Gasteiger partial charge < -0.3 is 10.1 Å². The van der Waals surface area contributed by atoms with Crippen LogP contribution in [-0.2, 0) is 12.8 Å². The highest BCUT2D eigenvalue weighted by molar-refractivity contribution is 9.10. The number of hydrogen-bond donors (Lipinski definition) is 1. The van der Waals surface area contributed by atoms with Gasteiger partial charge in [-0.1, -0.05) is 41.1 Å². The number of fused-ring (bicyclic) bond motifs is 1. The molecule has 2 nitrogen and oxygen atoms in total. The maximum Gasteiger partial charge on any atom is 0.123 e. The topological polar surface area (TPSA) is 21.3 Å². The highest BCUT2D eigenvalue weighted by Gasteiger charge is 2.22. The van der Waals surface area contributed by atoms with Gasteiger partial charge >= 0.3 is 0 Å². The largest absolute Gasteiger partial charge is 0.488 e. The third kappa shape index (κ3) is 2.83. The number of ether oxygens (including phenoxy) is 1. The average Bonchev–Trinajstić information content (AvgIpc) is 2.87. The minimum Gasteiger partial charge on any atom is -0.488 e. The molecule has 1 unspecified atom stereocenters. The molecule has 0 aromatic heterocycles. The summed E-state index contributed by atoms with van der Waals surface area (Å²) in [5.74, 6) is 1.02. The number of para-hydroxylation sites is 1. The average molecular weight is 332 g/mol. The predicted molar refractivity (Wildman–Crippen MR) is 86.6 cm³/mol. The molecule has 0 saturated carbocycles. The van der Waals surface area contributed by atoms with Crippen LogP contribution >= 0.6 is 15.9 Å². The standard InChI is InChI=1S/C17H18BrNO/c1-2-12-5-3-4-6-16(12)19-11-15-10-13-9-14(18)7-8-17(13)20-15/h3-9,15,19H,2,10-11H2,1H3. The van der Waals surface area contributed by atoms with E-state index in [1.54, 1.807) is 0 Å². The minimum atomic E-state index is 0.212. The number of rotatable bonds is 4. The van der Waals surface area contributed by atoms with Gasteiger partial charge in [-0.2, -0.15) is 0 Å². The summed E-state index contributed by atoms with van der Waals surface area (Å²) >= 11 is 3.51. The number of benzene rings is 2. The van der Waals surface area contributed by atoms with Crippen molar-refractivity contribution >= 4 is 21.6 Å². The summed E-state index contributed by atoms with van der Waals surface area (Å²) < 4.78 is 7.09. The van der Waals surface area contributed by atoms with Gasteiger partial charge in [0.25, 0.3) is 0 Å². The fraction of sp³-hybridized carbons (Fsp3) is 0.294. The Morgan fingerprint density at radius 3 is 2.95 bits per heavy atom. The van der Waals surface area contributed by atoms with E-state index >= 15 is 0 Å². The Bertz CT molecular complexity index is 612. The molecule has 2 aromatic rings. The molecule has 1 atom stereocenters. The first-order chi connectivity index (χ1) is 9.76. The molecule has 0 fully saturated rings. The van der Waals surface area contributed by atoms with Crippen LogP contribution in [0.2, 0.25) is 0 Å². The maximum atomic E-state index is 5.97. The van der Waals surface area contributed by atoms with E-state index in [1.165, 1.54) is 16.8 Å². The molecule has 0 spiro atoms. The van der Waals surface area contributed by atoms with Crippen LogP contribution in [0.25, 0.3) is 0 Å². The van der Waals surface area contributed by atoms with E-state index < -0.39 is 0 Å². The number of aryl methyl sites for hydroxylation is 1. The quantitative estimate of drug-likeness (QED) is 0.894. The van der Waals surface area contributed by atoms with Crippen LogP contribution in [-0.4, -0.2) is 12.6 Å². The van der Waals surface area contributed by atoms with E-state index in [2.05, 4.69) is 58.5 Å². The molecule has 0 saturated heterocycles. The van der Waals surface area contributed by atoms with Crippen molar-refractivity contribution in [1.82, 2.24) is 0 Å². The predicted octanol–water partition coefficient (Wildman–Crippen LogP) is 4.43. The van der Waals surface area contributed by atoms with Crippen LogP contribution < -0.4 is 10.1 Å². The lowest BCUT2D eigenvalue weighted by Crippen LogP contribution is -2.24. The van der Waals surface area contributed by atoms with Crippen LogP contribution in [0.3, 0.4) is 0 Å². The van der Waals surface area contributed by atoms with Gasteiger partial charge in [-0.25, -0.2) is 0 Å². The molecular formula is C17H18BrNO. The zero-order chi connectivity index (χ0) is 13.9. The fourth-order valence-electron chi connectivity index (χ4n) is 2.63. The van der Waals surface area contributed by atoms with Gasteiger partial charge in [0.1, 0.15) is 11.9 Å². The van der Waals surface area contributed by atoms with Crippen molar-refractivity contribution in [2.24, 2.45) is 0 Å². The van der Waals surface area contributed by atoms with E-state index in [0.717, 1.165) is 29.6 Å². The van der Waals surface area contributed by atoms with Gasteiger partial charge in [0, 0.05) is 16.6 Å². The zero-order valence-electron chi connectivity index (χ0n) is 11.5. The van der Waals surface area contributed by atoms with E-state index in [1.807, 2.05) is 12.1 Å². The van der Waals surface area contributed by atoms with Crippen molar-refractivity contribution in [1.29, 1.82) is 0 Å². The SMILES string of the molecule is CCc1ccccc1NCC1Cc2cc(Br)ccc2O1. The molecule has 3 heteroatoms. The van der Waals surface area contributed by atoms with Crippen molar-refractivity contribution in [3.63, 3.8) is 0 Å². The van der Waals surface area contributed by atoms with Gasteiger partial charge in [0.2, 0.25) is 0 Å². The highest BCUT2D eigenvalue weighted by atomic mass is 79.9. The molecule has 1 aliphatic rings. The Morgan fingerprint density at radius 1 is 1.25 bits per heavy atom. The Morgan fingerprint density at radius 2 is 2.10 bits per heavy atom. The lowest BCUT2D eigenvalue weighted by molar-refractivity contribution is 0.246. The number of anilines is 1. The Labute approximate surface area is 128 Å². The molecule has 104 valence electrons. The summed E-state index contributed by atoms with van der Waals surface area (Å²) in [7, 11) is 0. The molecule has 1 heterocycles. The summed E-state index contributed by atoms with van der Waals surface area (Å²) in [6.45, 7) is 3.02. The molecule has 2 aromatic carbocycles. The second-order valence-electron chi connectivity index (χ2n) is 5.09. The maximum absolute atomic E-state index is 5.97. The normalized spacial score (nSPS) is 16.6. The van der Waals surface area contributed by atoms with Crippen LogP contribution in [0.4, 0.5) is 5.69 Å². The Hall–Kier alpha value is -1.48. The van der Waals surface area contributed by atoms with Crippen LogP contribution in [0.15, 0.2) is 46.9 Å². The Balaban J connectivity index is 1.64.